The van der Waals surface area contributed by atoms with Gasteiger partial charge in [0, 0.05) is 13.8 Å². The molecule has 2 nitrogen and oxygen atoms in total. The molecule has 0 N–H and O–H groups in total. The maximum Gasteiger partial charge on any atom is 0.249 e. The van der Waals surface area contributed by atoms with Gasteiger partial charge in [0.1, 0.15) is 23.6 Å². The molecule has 1 aromatic heterocycles. The number of aryl methyl sites for hydroxylation is 4. The van der Waals surface area contributed by atoms with Crippen molar-refractivity contribution in [3.63, 3.8) is 0 Å². The third kappa shape index (κ3) is 2.89. The first-order valence-corrected chi connectivity index (χ1v) is 8.59. The first kappa shape index (κ1) is 16.5. The smallest absolute Gasteiger partial charge is 0.229 e. The van der Waals surface area contributed by atoms with Crippen LogP contribution in [0.4, 0.5) is 0 Å². The second-order valence-corrected chi connectivity index (χ2v) is 6.95. The molecule has 124 valence electrons. The second kappa shape index (κ2) is 6.27. The minimum Gasteiger partial charge on any atom is -0.229 e. The van der Waals surface area contributed by atoms with Crippen LogP contribution in [0.1, 0.15) is 39.2 Å². The minimum absolute atomic E-state index is 0.920. The quantitative estimate of drug-likeness (QED) is 0.621. The molecule has 0 unspecified atom stereocenters. The molecule has 0 radical (unpaired) electrons. The Morgan fingerprint density at radius 1 is 0.833 bits per heavy atom. The standard InChI is InChI=1S/C22H27N2/c1-15-11-17(3)21(18(4)12-15)13-23-14-24(20(6)19(23)5)22-10-8-7-9-16(22)2/h7-12,14H,13H2,1-6H3/q+1. The Labute approximate surface area is 145 Å². The van der Waals surface area contributed by atoms with Crippen LogP contribution in [0.3, 0.4) is 0 Å². The van der Waals surface area contributed by atoms with Crippen LogP contribution in [0.25, 0.3) is 5.69 Å². The van der Waals surface area contributed by atoms with E-state index in [0.29, 0.717) is 0 Å². The Hall–Kier alpha value is -2.35. The molecule has 1 heterocycles. The number of rotatable bonds is 3. The molecule has 0 saturated heterocycles. The van der Waals surface area contributed by atoms with Gasteiger partial charge in [-0.2, -0.15) is 4.57 Å². The summed E-state index contributed by atoms with van der Waals surface area (Å²) < 4.78 is 4.68. The van der Waals surface area contributed by atoms with Gasteiger partial charge in [-0.3, -0.25) is 0 Å². The van der Waals surface area contributed by atoms with Crippen LogP contribution in [0.2, 0.25) is 0 Å². The number of hydrogen-bond donors (Lipinski definition) is 0. The van der Waals surface area contributed by atoms with Gasteiger partial charge in [0.25, 0.3) is 0 Å². The highest BCUT2D eigenvalue weighted by Gasteiger charge is 2.20. The maximum absolute atomic E-state index is 2.37. The maximum atomic E-state index is 2.37. The van der Waals surface area contributed by atoms with Crippen molar-refractivity contribution in [1.82, 2.24) is 4.57 Å². The van der Waals surface area contributed by atoms with Crippen molar-refractivity contribution < 1.29 is 4.57 Å². The van der Waals surface area contributed by atoms with Crippen molar-refractivity contribution in [1.29, 1.82) is 0 Å². The lowest BCUT2D eigenvalue weighted by Crippen LogP contribution is -2.36. The van der Waals surface area contributed by atoms with E-state index < -0.39 is 0 Å². The number of imidazole rings is 1. The molecule has 0 aliphatic heterocycles. The first-order valence-electron chi connectivity index (χ1n) is 8.59. The number of para-hydroxylation sites is 1. The van der Waals surface area contributed by atoms with E-state index in [1.165, 1.54) is 44.9 Å². The Morgan fingerprint density at radius 2 is 1.46 bits per heavy atom. The van der Waals surface area contributed by atoms with Gasteiger partial charge in [-0.1, -0.05) is 35.9 Å². The normalized spacial score (nSPS) is 11.1. The molecule has 3 aromatic rings. The van der Waals surface area contributed by atoms with Crippen LogP contribution >= 0.6 is 0 Å². The zero-order valence-corrected chi connectivity index (χ0v) is 15.6. The molecule has 0 atom stereocenters. The summed E-state index contributed by atoms with van der Waals surface area (Å²) >= 11 is 0. The summed E-state index contributed by atoms with van der Waals surface area (Å²) in [6, 6.07) is 13.1. The predicted octanol–water partition coefficient (Wildman–Crippen LogP) is 4.66. The SMILES string of the molecule is Cc1cc(C)c(C[n+]2cn(-c3ccccc3C)c(C)c2C)c(C)c1. The molecular formula is C22H27N2+. The largest absolute Gasteiger partial charge is 0.249 e. The Morgan fingerprint density at radius 3 is 2.08 bits per heavy atom. The van der Waals surface area contributed by atoms with Gasteiger partial charge < -0.3 is 0 Å². The fourth-order valence-corrected chi connectivity index (χ4v) is 3.56. The van der Waals surface area contributed by atoms with Gasteiger partial charge in [0.15, 0.2) is 0 Å². The Kier molecular flexibility index (Phi) is 4.31. The third-order valence-corrected chi connectivity index (χ3v) is 5.11. The number of aromatic nitrogens is 2. The molecule has 0 aliphatic rings. The number of benzene rings is 2. The van der Waals surface area contributed by atoms with Crippen LogP contribution < -0.4 is 4.57 Å². The first-order chi connectivity index (χ1) is 11.4. The summed E-state index contributed by atoms with van der Waals surface area (Å²) in [6.45, 7) is 14.1. The van der Waals surface area contributed by atoms with E-state index in [-0.39, 0.29) is 0 Å². The number of hydrogen-bond acceptors (Lipinski definition) is 0. The van der Waals surface area contributed by atoms with E-state index in [4.69, 9.17) is 0 Å². The van der Waals surface area contributed by atoms with Crippen molar-refractivity contribution >= 4 is 0 Å². The fraction of sp³-hybridized carbons (Fsp3) is 0.318. The molecule has 24 heavy (non-hydrogen) atoms. The lowest BCUT2D eigenvalue weighted by Gasteiger charge is -2.10. The minimum atomic E-state index is 0.920. The van der Waals surface area contributed by atoms with Crippen LogP contribution in [0.15, 0.2) is 42.7 Å². The van der Waals surface area contributed by atoms with Crippen molar-refractivity contribution in [2.75, 3.05) is 0 Å². The zero-order valence-electron chi connectivity index (χ0n) is 15.6. The molecular weight excluding hydrogens is 292 g/mol. The van der Waals surface area contributed by atoms with Crippen LogP contribution in [-0.2, 0) is 6.54 Å². The van der Waals surface area contributed by atoms with E-state index in [1.54, 1.807) is 0 Å². The van der Waals surface area contributed by atoms with Gasteiger partial charge in [0.2, 0.25) is 6.33 Å². The average molecular weight is 319 g/mol. The fourth-order valence-electron chi connectivity index (χ4n) is 3.56. The van der Waals surface area contributed by atoms with Gasteiger partial charge >= 0.3 is 0 Å². The summed E-state index contributed by atoms with van der Waals surface area (Å²) in [6.07, 6.45) is 2.24. The van der Waals surface area contributed by atoms with Crippen molar-refractivity contribution in [2.24, 2.45) is 0 Å². The second-order valence-electron chi connectivity index (χ2n) is 6.95. The van der Waals surface area contributed by atoms with E-state index in [1.807, 2.05) is 0 Å². The van der Waals surface area contributed by atoms with Gasteiger partial charge in [-0.25, -0.2) is 4.57 Å². The van der Waals surface area contributed by atoms with Crippen molar-refractivity contribution in [3.8, 4) is 5.69 Å². The van der Waals surface area contributed by atoms with Gasteiger partial charge in [-0.15, -0.1) is 0 Å². The monoisotopic (exact) mass is 319 g/mol. The molecule has 2 heteroatoms. The molecule has 0 bridgehead atoms. The van der Waals surface area contributed by atoms with E-state index >= 15 is 0 Å². The molecule has 0 saturated carbocycles. The highest BCUT2D eigenvalue weighted by atomic mass is 15.1. The van der Waals surface area contributed by atoms with Gasteiger partial charge in [0.05, 0.1) is 0 Å². The molecule has 0 aliphatic carbocycles. The summed E-state index contributed by atoms with van der Waals surface area (Å²) in [7, 11) is 0. The average Bonchev–Trinajstić information content (AvgIpc) is 2.79. The summed E-state index contributed by atoms with van der Waals surface area (Å²) in [5, 5.41) is 0. The molecule has 3 rings (SSSR count). The van der Waals surface area contributed by atoms with Crippen LogP contribution in [0, 0.1) is 41.5 Å². The highest BCUT2D eigenvalue weighted by molar-refractivity contribution is 5.41. The molecule has 0 amide bonds. The van der Waals surface area contributed by atoms with Crippen molar-refractivity contribution in [2.45, 2.75) is 48.1 Å². The zero-order chi connectivity index (χ0) is 17.4. The molecule has 0 spiro atoms. The van der Waals surface area contributed by atoms with Crippen molar-refractivity contribution in [3.05, 3.63) is 81.9 Å². The Balaban J connectivity index is 2.06. The highest BCUT2D eigenvalue weighted by Crippen LogP contribution is 2.19. The topological polar surface area (TPSA) is 8.81 Å². The molecule has 0 fully saturated rings. The van der Waals surface area contributed by atoms with E-state index in [0.717, 1.165) is 6.54 Å². The summed E-state index contributed by atoms with van der Waals surface area (Å²) in [4.78, 5) is 0. The Bertz CT molecular complexity index is 877. The lowest BCUT2D eigenvalue weighted by atomic mass is 10.00. The van der Waals surface area contributed by atoms with Crippen LogP contribution in [0.5, 0.6) is 0 Å². The summed E-state index contributed by atoms with van der Waals surface area (Å²) in [5.41, 5.74) is 10.7. The van der Waals surface area contributed by atoms with E-state index in [9.17, 15) is 0 Å². The van der Waals surface area contributed by atoms with Gasteiger partial charge in [-0.05, 0) is 56.0 Å². The van der Waals surface area contributed by atoms with Crippen LogP contribution in [-0.4, -0.2) is 4.57 Å². The number of nitrogens with zero attached hydrogens (tertiary/aromatic N) is 2. The molecule has 2 aromatic carbocycles. The lowest BCUT2D eigenvalue weighted by molar-refractivity contribution is -0.693. The van der Waals surface area contributed by atoms with E-state index in [2.05, 4.69) is 93.4 Å². The predicted molar refractivity (Wildman–Crippen MR) is 99.9 cm³/mol. The third-order valence-electron chi connectivity index (χ3n) is 5.11. The summed E-state index contributed by atoms with van der Waals surface area (Å²) in [5.74, 6) is 0.